The third-order valence-electron chi connectivity index (χ3n) is 8.90. The Hall–Kier alpha value is -4.44. The fourth-order valence-corrected chi connectivity index (χ4v) is 7.05. The number of halogens is 1. The van der Waals surface area contributed by atoms with E-state index in [4.69, 9.17) is 18.9 Å². The Morgan fingerprint density at radius 2 is 1.67 bits per heavy atom. The van der Waals surface area contributed by atoms with Gasteiger partial charge >= 0.3 is 6.03 Å². The summed E-state index contributed by atoms with van der Waals surface area (Å²) in [4.78, 5) is 28.8. The van der Waals surface area contributed by atoms with Crippen LogP contribution in [-0.4, -0.2) is 93.1 Å². The van der Waals surface area contributed by atoms with Gasteiger partial charge in [0.25, 0.3) is 5.91 Å². The number of rotatable bonds is 8. The molecule has 2 aliphatic heterocycles. The number of amides is 3. The van der Waals surface area contributed by atoms with Gasteiger partial charge in [-0.05, 0) is 87.7 Å². The number of carbonyl (C=O) groups excluding carboxylic acids is 2. The topological polar surface area (TPSA) is 156 Å². The molecule has 5 rings (SSSR count). The third-order valence-corrected chi connectivity index (χ3v) is 10.7. The first-order valence-corrected chi connectivity index (χ1v) is 18.3. The molecule has 3 N–H and O–H groups in total. The number of aliphatic hydroxyl groups excluding tert-OH is 1. The second-order valence-corrected chi connectivity index (χ2v) is 14.9. The number of benzene rings is 3. The van der Waals surface area contributed by atoms with Gasteiger partial charge in [-0.3, -0.25) is 4.79 Å². The SMILES string of the molecule is C[C@@H]1CCCCO[C@H](CN(C)S(=O)(=O)c2ccc(F)cc2)[C@H](C)CN([C@@H](C)CO)C(=O)c2cc(NC(=O)Nc3ccc4c(c3)OCO4)ccc2O1. The molecule has 3 aromatic carbocycles. The highest BCUT2D eigenvalue weighted by Gasteiger charge is 2.32. The lowest BCUT2D eigenvalue weighted by molar-refractivity contribution is -0.00834. The van der Waals surface area contributed by atoms with Crippen LogP contribution in [0, 0.1) is 11.7 Å². The Balaban J connectivity index is 1.39. The van der Waals surface area contributed by atoms with E-state index in [1.165, 1.54) is 34.5 Å². The van der Waals surface area contributed by atoms with Crippen LogP contribution in [0.1, 0.15) is 50.4 Å². The summed E-state index contributed by atoms with van der Waals surface area (Å²) in [6.45, 7) is 5.66. The van der Waals surface area contributed by atoms with Crippen molar-refractivity contribution in [2.24, 2.45) is 5.92 Å². The molecule has 4 atom stereocenters. The van der Waals surface area contributed by atoms with E-state index >= 15 is 0 Å². The second kappa shape index (κ2) is 16.7. The molecule has 2 heterocycles. The van der Waals surface area contributed by atoms with Crippen LogP contribution in [0.4, 0.5) is 20.6 Å². The van der Waals surface area contributed by atoms with E-state index in [0.717, 1.165) is 18.6 Å². The standard InChI is InChI=1S/C36H45FN4O9S/c1-23-19-41(24(2)21-42)35(43)30-17-27(38-36(44)39-28-11-15-32-33(18-28)49-22-48-32)10-14-31(30)50-25(3)7-5-6-16-47-34(23)20-40(4)51(45,46)29-12-8-26(37)9-13-29/h8-15,17-18,23-25,34,42H,5-7,16,19-22H2,1-4H3,(H2,38,39,44)/t23-,24+,25-,34-/m1/s1. The predicted octanol–water partition coefficient (Wildman–Crippen LogP) is 5.31. The van der Waals surface area contributed by atoms with Crippen molar-refractivity contribution < 1.29 is 46.5 Å². The molecule has 0 unspecified atom stereocenters. The summed E-state index contributed by atoms with van der Waals surface area (Å²) in [5.41, 5.74) is 0.991. The highest BCUT2D eigenvalue weighted by atomic mass is 32.2. The van der Waals surface area contributed by atoms with E-state index in [0.29, 0.717) is 48.1 Å². The van der Waals surface area contributed by atoms with Gasteiger partial charge in [-0.15, -0.1) is 0 Å². The van der Waals surface area contributed by atoms with Crippen LogP contribution in [-0.2, 0) is 14.8 Å². The quantitative estimate of drug-likeness (QED) is 0.280. The summed E-state index contributed by atoms with van der Waals surface area (Å²) in [5, 5.41) is 15.8. The van der Waals surface area contributed by atoms with Gasteiger partial charge in [-0.1, -0.05) is 6.92 Å². The first-order chi connectivity index (χ1) is 24.3. The first-order valence-electron chi connectivity index (χ1n) is 16.9. The van der Waals surface area contributed by atoms with Gasteiger partial charge in [-0.2, -0.15) is 4.31 Å². The molecule has 3 amide bonds. The molecule has 0 radical (unpaired) electrons. The lowest BCUT2D eigenvalue weighted by atomic mass is 10.0. The number of anilines is 2. The number of likely N-dealkylation sites (N-methyl/N-ethyl adjacent to an activating group) is 1. The number of aliphatic hydroxyl groups is 1. The second-order valence-electron chi connectivity index (χ2n) is 12.9. The number of sulfonamides is 1. The van der Waals surface area contributed by atoms with E-state index in [9.17, 15) is 27.5 Å². The average molecular weight is 729 g/mol. The highest BCUT2D eigenvalue weighted by molar-refractivity contribution is 7.89. The molecule has 0 fully saturated rings. The van der Waals surface area contributed by atoms with Gasteiger partial charge in [-0.25, -0.2) is 17.6 Å². The molecule has 0 bridgehead atoms. The fraction of sp³-hybridized carbons (Fsp3) is 0.444. The Labute approximate surface area is 297 Å². The summed E-state index contributed by atoms with van der Waals surface area (Å²) >= 11 is 0. The molecule has 0 saturated heterocycles. The first kappa shape index (κ1) is 37.8. The van der Waals surface area contributed by atoms with E-state index in [1.54, 1.807) is 37.3 Å². The summed E-state index contributed by atoms with van der Waals surface area (Å²) in [6, 6.07) is 13.3. The number of fused-ring (bicyclic) bond motifs is 2. The van der Waals surface area contributed by atoms with Crippen LogP contribution in [0.25, 0.3) is 0 Å². The number of nitrogens with one attached hydrogen (secondary N) is 2. The van der Waals surface area contributed by atoms with Gasteiger partial charge in [0.2, 0.25) is 16.8 Å². The van der Waals surface area contributed by atoms with Crippen molar-refractivity contribution in [1.82, 2.24) is 9.21 Å². The number of urea groups is 1. The van der Waals surface area contributed by atoms with Gasteiger partial charge in [0.1, 0.15) is 11.6 Å². The Morgan fingerprint density at radius 1 is 1.00 bits per heavy atom. The van der Waals surface area contributed by atoms with Crippen LogP contribution in [0.5, 0.6) is 17.2 Å². The van der Waals surface area contributed by atoms with Crippen molar-refractivity contribution in [2.75, 3.05) is 50.8 Å². The maximum atomic E-state index is 14.4. The molecule has 2 aliphatic rings. The molecule has 0 spiro atoms. The van der Waals surface area contributed by atoms with Gasteiger partial charge in [0.05, 0.1) is 35.3 Å². The Kier molecular flexibility index (Phi) is 12.4. The van der Waals surface area contributed by atoms with Crippen LogP contribution < -0.4 is 24.8 Å². The lowest BCUT2D eigenvalue weighted by Crippen LogP contribution is -2.48. The van der Waals surface area contributed by atoms with E-state index in [2.05, 4.69) is 10.6 Å². The molecule has 0 aliphatic carbocycles. The maximum Gasteiger partial charge on any atom is 0.323 e. The zero-order valence-electron chi connectivity index (χ0n) is 29.1. The Morgan fingerprint density at radius 3 is 2.37 bits per heavy atom. The van der Waals surface area contributed by atoms with Crippen molar-refractivity contribution in [3.8, 4) is 17.2 Å². The van der Waals surface area contributed by atoms with Crippen molar-refractivity contribution in [3.63, 3.8) is 0 Å². The summed E-state index contributed by atoms with van der Waals surface area (Å²) in [7, 11) is -2.54. The molecular formula is C36H45FN4O9S. The van der Waals surface area contributed by atoms with E-state index in [1.807, 2.05) is 13.8 Å². The molecular weight excluding hydrogens is 683 g/mol. The largest absolute Gasteiger partial charge is 0.490 e. The Bertz CT molecular complexity index is 1790. The minimum atomic E-state index is -3.97. The molecule has 51 heavy (non-hydrogen) atoms. The smallest absolute Gasteiger partial charge is 0.323 e. The fourth-order valence-electron chi connectivity index (χ4n) is 5.87. The lowest BCUT2D eigenvalue weighted by Gasteiger charge is -2.35. The van der Waals surface area contributed by atoms with Crippen molar-refractivity contribution in [3.05, 3.63) is 72.0 Å². The number of nitrogens with zero attached hydrogens (tertiary/aromatic N) is 2. The number of hydrogen-bond acceptors (Lipinski definition) is 9. The van der Waals surface area contributed by atoms with Gasteiger partial charge in [0.15, 0.2) is 11.5 Å². The minimum Gasteiger partial charge on any atom is -0.490 e. The average Bonchev–Trinajstić information content (AvgIpc) is 3.57. The highest BCUT2D eigenvalue weighted by Crippen LogP contribution is 2.34. The zero-order valence-corrected chi connectivity index (χ0v) is 30.0. The monoisotopic (exact) mass is 728 g/mol. The van der Waals surface area contributed by atoms with Crippen LogP contribution in [0.15, 0.2) is 65.6 Å². The predicted molar refractivity (Wildman–Crippen MR) is 188 cm³/mol. The van der Waals surface area contributed by atoms with Gasteiger partial charge < -0.3 is 39.6 Å². The van der Waals surface area contributed by atoms with Crippen LogP contribution in [0.3, 0.4) is 0 Å². The summed E-state index contributed by atoms with van der Waals surface area (Å²) < 4.78 is 64.7. The van der Waals surface area contributed by atoms with Crippen molar-refractivity contribution in [2.45, 2.75) is 63.2 Å². The third kappa shape index (κ3) is 9.47. The molecule has 3 aromatic rings. The van der Waals surface area contributed by atoms with Crippen molar-refractivity contribution >= 4 is 33.3 Å². The molecule has 0 saturated carbocycles. The molecule has 13 nitrogen and oxygen atoms in total. The van der Waals surface area contributed by atoms with Crippen LogP contribution in [0.2, 0.25) is 0 Å². The van der Waals surface area contributed by atoms with Gasteiger partial charge in [0, 0.05) is 50.1 Å². The number of ether oxygens (including phenoxy) is 4. The molecule has 0 aromatic heterocycles. The minimum absolute atomic E-state index is 0.0287. The normalized spacial score (nSPS) is 20.6. The zero-order chi connectivity index (χ0) is 36.7. The summed E-state index contributed by atoms with van der Waals surface area (Å²) in [5.74, 6) is 0.0262. The van der Waals surface area contributed by atoms with Crippen LogP contribution >= 0.6 is 0 Å². The van der Waals surface area contributed by atoms with Crippen molar-refractivity contribution in [1.29, 1.82) is 0 Å². The number of hydrogen-bond donors (Lipinski definition) is 3. The summed E-state index contributed by atoms with van der Waals surface area (Å²) in [6.07, 6.45) is 1.20. The number of carbonyl (C=O) groups is 2. The van der Waals surface area contributed by atoms with E-state index in [-0.39, 0.29) is 43.1 Å². The van der Waals surface area contributed by atoms with E-state index < -0.39 is 45.8 Å². The molecule has 276 valence electrons. The molecule has 15 heteroatoms. The maximum absolute atomic E-state index is 14.4.